The minimum Gasteiger partial charge on any atom is -0.465 e. The van der Waals surface area contributed by atoms with Crippen LogP contribution in [0.5, 0.6) is 0 Å². The summed E-state index contributed by atoms with van der Waals surface area (Å²) >= 11 is 1.24. The number of benzene rings is 1. The van der Waals surface area contributed by atoms with Crippen LogP contribution >= 0.6 is 11.3 Å². The number of thiophene rings is 1. The molecular formula is C13H8O4S. The molecule has 18 heavy (non-hydrogen) atoms. The fourth-order valence-electron chi connectivity index (χ4n) is 1.84. The molecule has 5 heteroatoms. The largest absolute Gasteiger partial charge is 0.465 e. The van der Waals surface area contributed by atoms with Crippen LogP contribution in [0.15, 0.2) is 39.5 Å². The molecule has 0 saturated heterocycles. The number of para-hydroxylation sites is 1. The quantitative estimate of drug-likeness (QED) is 0.498. The van der Waals surface area contributed by atoms with E-state index in [4.69, 9.17) is 4.42 Å². The lowest BCUT2D eigenvalue weighted by Crippen LogP contribution is -1.98. The highest BCUT2D eigenvalue weighted by atomic mass is 32.1. The van der Waals surface area contributed by atoms with Crippen molar-refractivity contribution in [1.82, 2.24) is 0 Å². The molecule has 3 aromatic rings. The minimum atomic E-state index is -0.445. The van der Waals surface area contributed by atoms with Crippen molar-refractivity contribution in [3.8, 4) is 0 Å². The number of esters is 1. The van der Waals surface area contributed by atoms with Crippen LogP contribution in [0.1, 0.15) is 9.67 Å². The Kier molecular flexibility index (Phi) is 2.41. The molecule has 0 unspecified atom stereocenters. The second kappa shape index (κ2) is 3.96. The van der Waals surface area contributed by atoms with Crippen molar-refractivity contribution in [3.63, 3.8) is 0 Å². The predicted octanol–water partition coefficient (Wildman–Crippen LogP) is 2.79. The van der Waals surface area contributed by atoms with Crippen molar-refractivity contribution >= 4 is 38.4 Å². The Bertz CT molecular complexity index is 813. The number of ether oxygens (including phenoxy) is 1. The summed E-state index contributed by atoms with van der Waals surface area (Å²) < 4.78 is 10.6. The van der Waals surface area contributed by atoms with E-state index in [9.17, 15) is 9.59 Å². The third-order valence-corrected chi connectivity index (χ3v) is 3.82. The van der Waals surface area contributed by atoms with E-state index < -0.39 is 11.6 Å². The molecule has 0 amide bonds. The zero-order chi connectivity index (χ0) is 12.7. The van der Waals surface area contributed by atoms with Crippen LogP contribution in [0, 0.1) is 0 Å². The molecule has 0 saturated carbocycles. The van der Waals surface area contributed by atoms with Crippen LogP contribution in [0.2, 0.25) is 0 Å². The minimum absolute atomic E-state index is 0.399. The van der Waals surface area contributed by atoms with Gasteiger partial charge >= 0.3 is 11.6 Å². The van der Waals surface area contributed by atoms with Gasteiger partial charge in [0.1, 0.15) is 10.5 Å². The molecule has 0 atom stereocenters. The van der Waals surface area contributed by atoms with Gasteiger partial charge in [-0.05, 0) is 18.2 Å². The smallest absolute Gasteiger partial charge is 0.348 e. The predicted molar refractivity (Wildman–Crippen MR) is 69.2 cm³/mol. The first-order valence-electron chi connectivity index (χ1n) is 5.24. The van der Waals surface area contributed by atoms with Crippen molar-refractivity contribution in [2.24, 2.45) is 0 Å². The summed E-state index contributed by atoms with van der Waals surface area (Å²) in [4.78, 5) is 23.7. The summed E-state index contributed by atoms with van der Waals surface area (Å²) in [5, 5.41) is 1.24. The molecule has 90 valence electrons. The Hall–Kier alpha value is -2.14. The van der Waals surface area contributed by atoms with Gasteiger partial charge in [-0.2, -0.15) is 0 Å². The Labute approximate surface area is 105 Å². The molecule has 4 nitrogen and oxygen atoms in total. The third-order valence-electron chi connectivity index (χ3n) is 2.67. The summed E-state index contributed by atoms with van der Waals surface area (Å²) in [6, 6.07) is 8.77. The molecule has 0 aliphatic heterocycles. The van der Waals surface area contributed by atoms with Gasteiger partial charge in [-0.25, -0.2) is 9.59 Å². The maximum atomic E-state index is 11.8. The normalized spacial score (nSPS) is 10.9. The van der Waals surface area contributed by atoms with Gasteiger partial charge in [-0.15, -0.1) is 11.3 Å². The highest BCUT2D eigenvalue weighted by Crippen LogP contribution is 2.30. The maximum absolute atomic E-state index is 11.8. The molecule has 0 aliphatic carbocycles. The molecule has 2 aromatic heterocycles. The average Bonchev–Trinajstić information content (AvgIpc) is 2.84. The fourth-order valence-corrected chi connectivity index (χ4v) is 2.94. The molecule has 0 radical (unpaired) electrons. The maximum Gasteiger partial charge on any atom is 0.348 e. The molecular weight excluding hydrogens is 252 g/mol. The lowest BCUT2D eigenvalue weighted by molar-refractivity contribution is 0.0606. The van der Waals surface area contributed by atoms with Crippen molar-refractivity contribution in [2.75, 3.05) is 7.11 Å². The van der Waals surface area contributed by atoms with Crippen LogP contribution in [-0.2, 0) is 4.74 Å². The zero-order valence-corrected chi connectivity index (χ0v) is 10.2. The van der Waals surface area contributed by atoms with Crippen LogP contribution in [0.25, 0.3) is 21.1 Å². The number of methoxy groups -OCH3 is 1. The van der Waals surface area contributed by atoms with Crippen molar-refractivity contribution in [3.05, 3.63) is 45.6 Å². The fraction of sp³-hybridized carbons (Fsp3) is 0.0769. The first kappa shape index (κ1) is 11.0. The SMILES string of the molecule is COC(=O)c1cc2c(=O)oc3ccccc3c2s1. The number of hydrogen-bond acceptors (Lipinski definition) is 5. The molecule has 0 aliphatic rings. The van der Waals surface area contributed by atoms with Gasteiger partial charge in [-0.1, -0.05) is 12.1 Å². The standard InChI is InChI=1S/C13H8O4S/c1-16-13(15)10-6-8-11(18-10)7-4-2-3-5-9(7)17-12(8)14/h2-6H,1H3. The van der Waals surface area contributed by atoms with Crippen molar-refractivity contribution < 1.29 is 13.9 Å². The highest BCUT2D eigenvalue weighted by Gasteiger charge is 2.15. The zero-order valence-electron chi connectivity index (χ0n) is 9.43. The van der Waals surface area contributed by atoms with Gasteiger partial charge in [0.2, 0.25) is 0 Å². The van der Waals surface area contributed by atoms with Crippen LogP contribution in [0.4, 0.5) is 0 Å². The second-order valence-electron chi connectivity index (χ2n) is 3.73. The highest BCUT2D eigenvalue weighted by molar-refractivity contribution is 7.21. The number of carbonyl (C=O) groups is 1. The number of hydrogen-bond donors (Lipinski definition) is 0. The number of rotatable bonds is 1. The van der Waals surface area contributed by atoms with E-state index in [-0.39, 0.29) is 0 Å². The van der Waals surface area contributed by atoms with Crippen molar-refractivity contribution in [1.29, 1.82) is 0 Å². The molecule has 0 N–H and O–H groups in total. The first-order valence-corrected chi connectivity index (χ1v) is 6.06. The molecule has 0 bridgehead atoms. The summed E-state index contributed by atoms with van der Waals surface area (Å²) in [5.41, 5.74) is 0.0865. The van der Waals surface area contributed by atoms with Crippen molar-refractivity contribution in [2.45, 2.75) is 0 Å². The van der Waals surface area contributed by atoms with E-state index in [1.54, 1.807) is 12.1 Å². The average molecular weight is 260 g/mol. The Balaban J connectivity index is 2.45. The summed E-state index contributed by atoms with van der Waals surface area (Å²) in [5.74, 6) is -0.445. The Morgan fingerprint density at radius 3 is 2.83 bits per heavy atom. The summed E-state index contributed by atoms with van der Waals surface area (Å²) in [7, 11) is 1.31. The molecule has 3 rings (SSSR count). The van der Waals surface area contributed by atoms with Gasteiger partial charge in [0.05, 0.1) is 17.2 Å². The van der Waals surface area contributed by atoms with Crippen LogP contribution < -0.4 is 5.63 Å². The Morgan fingerprint density at radius 1 is 1.28 bits per heavy atom. The van der Waals surface area contributed by atoms with E-state index in [1.165, 1.54) is 24.5 Å². The van der Waals surface area contributed by atoms with Crippen LogP contribution in [0.3, 0.4) is 0 Å². The lowest BCUT2D eigenvalue weighted by atomic mass is 10.2. The van der Waals surface area contributed by atoms with Gasteiger partial charge in [0.15, 0.2) is 0 Å². The van der Waals surface area contributed by atoms with Gasteiger partial charge in [-0.3, -0.25) is 0 Å². The Morgan fingerprint density at radius 2 is 2.06 bits per heavy atom. The third kappa shape index (κ3) is 1.52. The lowest BCUT2D eigenvalue weighted by Gasteiger charge is -1.96. The monoisotopic (exact) mass is 260 g/mol. The van der Waals surface area contributed by atoms with Gasteiger partial charge < -0.3 is 9.15 Å². The van der Waals surface area contributed by atoms with E-state index >= 15 is 0 Å². The van der Waals surface area contributed by atoms with Crippen LogP contribution in [-0.4, -0.2) is 13.1 Å². The van der Waals surface area contributed by atoms with Gasteiger partial charge in [0.25, 0.3) is 0 Å². The summed E-state index contributed by atoms with van der Waals surface area (Å²) in [6.45, 7) is 0. The number of fused-ring (bicyclic) bond motifs is 3. The molecule has 2 heterocycles. The molecule has 1 aromatic carbocycles. The van der Waals surface area contributed by atoms with E-state index in [2.05, 4.69) is 4.74 Å². The molecule has 0 fully saturated rings. The van der Waals surface area contributed by atoms with Gasteiger partial charge in [0, 0.05) is 5.39 Å². The van der Waals surface area contributed by atoms with E-state index in [1.807, 2.05) is 12.1 Å². The second-order valence-corrected chi connectivity index (χ2v) is 4.78. The van der Waals surface area contributed by atoms with E-state index in [0.29, 0.717) is 15.8 Å². The topological polar surface area (TPSA) is 56.5 Å². The number of carbonyl (C=O) groups excluding carboxylic acids is 1. The summed E-state index contributed by atoms with van der Waals surface area (Å²) in [6.07, 6.45) is 0. The molecule has 0 spiro atoms. The first-order chi connectivity index (χ1) is 8.70. The van der Waals surface area contributed by atoms with E-state index in [0.717, 1.165) is 10.1 Å².